The first-order valence-corrected chi connectivity index (χ1v) is 8.78. The first-order valence-electron chi connectivity index (χ1n) is 5.66. The number of unbranched alkanes of at least 4 members (excludes halogenated alkanes) is 2. The van der Waals surface area contributed by atoms with E-state index in [1.54, 1.807) is 0 Å². The number of nitrogens with two attached hydrogens (primary N) is 2. The third kappa shape index (κ3) is 8.68. The average molecular weight is 218 g/mol. The predicted octanol–water partition coefficient (Wildman–Crippen LogP) is 1.69. The molecule has 0 atom stereocenters. The normalized spacial score (nSPS) is 12.0. The van der Waals surface area contributed by atoms with Crippen LogP contribution in [0.3, 0.4) is 0 Å². The van der Waals surface area contributed by atoms with Crippen LogP contribution >= 0.6 is 0 Å². The molecule has 0 aliphatic carbocycles. The van der Waals surface area contributed by atoms with Gasteiger partial charge in [-0.25, -0.2) is 0 Å². The second kappa shape index (κ2) is 8.41. The van der Waals surface area contributed by atoms with Crippen LogP contribution in [0, 0.1) is 0 Å². The Morgan fingerprint density at radius 1 is 0.929 bits per heavy atom. The highest BCUT2D eigenvalue weighted by molar-refractivity contribution is 6.71. The summed E-state index contributed by atoms with van der Waals surface area (Å²) in [7, 11) is -1.39. The molecule has 0 amide bonds. The van der Waals surface area contributed by atoms with E-state index in [2.05, 4.69) is 13.1 Å². The van der Waals surface area contributed by atoms with Crippen molar-refractivity contribution in [2.24, 2.45) is 11.5 Å². The maximum Gasteiger partial charge on any atom is 0.186 e. The van der Waals surface area contributed by atoms with E-state index in [0.717, 1.165) is 39.0 Å². The van der Waals surface area contributed by atoms with E-state index in [4.69, 9.17) is 15.9 Å². The van der Waals surface area contributed by atoms with Crippen molar-refractivity contribution in [3.8, 4) is 0 Å². The van der Waals surface area contributed by atoms with Crippen LogP contribution in [0.5, 0.6) is 0 Å². The van der Waals surface area contributed by atoms with Gasteiger partial charge in [-0.15, -0.1) is 0 Å². The SMILES string of the molecule is C[Si](C)(CCCCN)OCCCCN. The Morgan fingerprint density at radius 3 is 2.07 bits per heavy atom. The maximum atomic E-state index is 5.92. The number of hydrogen-bond acceptors (Lipinski definition) is 3. The summed E-state index contributed by atoms with van der Waals surface area (Å²) in [5, 5.41) is 0. The van der Waals surface area contributed by atoms with E-state index >= 15 is 0 Å². The second-order valence-electron chi connectivity index (χ2n) is 4.35. The van der Waals surface area contributed by atoms with Crippen LogP contribution in [-0.2, 0) is 4.43 Å². The van der Waals surface area contributed by atoms with Crippen LogP contribution in [0.1, 0.15) is 25.7 Å². The third-order valence-electron chi connectivity index (χ3n) is 2.32. The summed E-state index contributed by atoms with van der Waals surface area (Å²) in [6, 6.07) is 1.23. The van der Waals surface area contributed by atoms with Crippen molar-refractivity contribution in [1.82, 2.24) is 0 Å². The lowest BCUT2D eigenvalue weighted by atomic mass is 10.3. The van der Waals surface area contributed by atoms with Gasteiger partial charge in [-0.1, -0.05) is 6.42 Å². The Morgan fingerprint density at radius 2 is 1.50 bits per heavy atom. The molecule has 0 saturated heterocycles. The Bertz CT molecular complexity index is 131. The molecule has 0 aromatic heterocycles. The van der Waals surface area contributed by atoms with Gasteiger partial charge in [-0.2, -0.15) is 0 Å². The van der Waals surface area contributed by atoms with E-state index in [1.165, 1.54) is 12.5 Å². The standard InChI is InChI=1S/C10H26N2OSi/c1-14(2,10-6-4-8-12)13-9-5-3-7-11/h3-12H2,1-2H3. The quantitative estimate of drug-likeness (QED) is 0.457. The smallest absolute Gasteiger partial charge is 0.186 e. The summed E-state index contributed by atoms with van der Waals surface area (Å²) in [6.45, 7) is 7.03. The van der Waals surface area contributed by atoms with E-state index in [1.807, 2.05) is 0 Å². The summed E-state index contributed by atoms with van der Waals surface area (Å²) < 4.78 is 5.92. The molecule has 0 aromatic carbocycles. The van der Waals surface area contributed by atoms with Gasteiger partial charge in [-0.3, -0.25) is 0 Å². The summed E-state index contributed by atoms with van der Waals surface area (Å²) >= 11 is 0. The van der Waals surface area contributed by atoms with Gasteiger partial charge in [0, 0.05) is 6.61 Å². The molecular formula is C10H26N2OSi. The van der Waals surface area contributed by atoms with Gasteiger partial charge in [0.2, 0.25) is 0 Å². The first kappa shape index (κ1) is 14.1. The minimum atomic E-state index is -1.39. The molecule has 0 unspecified atom stereocenters. The Balaban J connectivity index is 3.40. The molecule has 0 radical (unpaired) electrons. The Labute approximate surface area is 89.3 Å². The molecule has 4 N–H and O–H groups in total. The highest BCUT2D eigenvalue weighted by Crippen LogP contribution is 2.15. The van der Waals surface area contributed by atoms with Crippen LogP contribution < -0.4 is 11.5 Å². The zero-order valence-electron chi connectivity index (χ0n) is 9.72. The predicted molar refractivity (Wildman–Crippen MR) is 64.8 cm³/mol. The molecule has 86 valence electrons. The van der Waals surface area contributed by atoms with E-state index in [9.17, 15) is 0 Å². The largest absolute Gasteiger partial charge is 0.417 e. The van der Waals surface area contributed by atoms with Crippen molar-refractivity contribution >= 4 is 8.32 Å². The summed E-state index contributed by atoms with van der Waals surface area (Å²) in [4.78, 5) is 0. The second-order valence-corrected chi connectivity index (χ2v) is 8.66. The molecule has 4 heteroatoms. The van der Waals surface area contributed by atoms with Gasteiger partial charge in [0.25, 0.3) is 0 Å². The highest BCUT2D eigenvalue weighted by atomic mass is 28.4. The summed E-state index contributed by atoms with van der Waals surface area (Å²) in [5.41, 5.74) is 10.9. The average Bonchev–Trinajstić information content (AvgIpc) is 2.13. The zero-order valence-corrected chi connectivity index (χ0v) is 10.7. The van der Waals surface area contributed by atoms with Crippen LogP contribution in [0.4, 0.5) is 0 Å². The molecule has 0 aromatic rings. The van der Waals surface area contributed by atoms with Crippen molar-refractivity contribution in [3.63, 3.8) is 0 Å². The van der Waals surface area contributed by atoms with Crippen molar-refractivity contribution < 1.29 is 4.43 Å². The molecule has 0 heterocycles. The molecule has 0 saturated carbocycles. The molecule has 0 aliphatic heterocycles. The number of rotatable bonds is 9. The lowest BCUT2D eigenvalue weighted by Crippen LogP contribution is -2.30. The molecule has 14 heavy (non-hydrogen) atoms. The van der Waals surface area contributed by atoms with Crippen molar-refractivity contribution in [1.29, 1.82) is 0 Å². The summed E-state index contributed by atoms with van der Waals surface area (Å²) in [5.74, 6) is 0. The van der Waals surface area contributed by atoms with E-state index in [-0.39, 0.29) is 0 Å². The third-order valence-corrected chi connectivity index (χ3v) is 4.87. The van der Waals surface area contributed by atoms with E-state index in [0.29, 0.717) is 0 Å². The molecule has 0 spiro atoms. The fourth-order valence-corrected chi connectivity index (χ4v) is 3.30. The topological polar surface area (TPSA) is 61.3 Å². The van der Waals surface area contributed by atoms with Gasteiger partial charge in [-0.05, 0) is 51.5 Å². The van der Waals surface area contributed by atoms with Crippen molar-refractivity contribution in [3.05, 3.63) is 0 Å². The van der Waals surface area contributed by atoms with Crippen molar-refractivity contribution in [2.75, 3.05) is 19.7 Å². The maximum absolute atomic E-state index is 5.92. The van der Waals surface area contributed by atoms with Crippen LogP contribution in [0.15, 0.2) is 0 Å². The molecule has 0 aliphatic rings. The first-order chi connectivity index (χ1) is 6.62. The van der Waals surface area contributed by atoms with Crippen LogP contribution in [-0.4, -0.2) is 28.0 Å². The van der Waals surface area contributed by atoms with Gasteiger partial charge in [0.1, 0.15) is 0 Å². The van der Waals surface area contributed by atoms with Crippen molar-refractivity contribution in [2.45, 2.75) is 44.8 Å². The fourth-order valence-electron chi connectivity index (χ4n) is 1.36. The van der Waals surface area contributed by atoms with Gasteiger partial charge < -0.3 is 15.9 Å². The Kier molecular flexibility index (Phi) is 8.47. The van der Waals surface area contributed by atoms with Crippen LogP contribution in [0.2, 0.25) is 19.1 Å². The van der Waals surface area contributed by atoms with Gasteiger partial charge in [0.05, 0.1) is 0 Å². The fraction of sp³-hybridized carbons (Fsp3) is 1.00. The Hall–Kier alpha value is 0.0969. The monoisotopic (exact) mass is 218 g/mol. The molecule has 3 nitrogen and oxygen atoms in total. The van der Waals surface area contributed by atoms with Gasteiger partial charge >= 0.3 is 0 Å². The minimum Gasteiger partial charge on any atom is -0.417 e. The lowest BCUT2D eigenvalue weighted by molar-refractivity contribution is 0.296. The summed E-state index contributed by atoms with van der Waals surface area (Å²) in [6.07, 6.45) is 4.52. The molecule has 0 rings (SSSR count). The number of hydrogen-bond donors (Lipinski definition) is 2. The zero-order chi connectivity index (χ0) is 10.9. The highest BCUT2D eigenvalue weighted by Gasteiger charge is 2.20. The van der Waals surface area contributed by atoms with Gasteiger partial charge in [0.15, 0.2) is 8.32 Å². The molecule has 0 bridgehead atoms. The van der Waals surface area contributed by atoms with Crippen LogP contribution in [0.25, 0.3) is 0 Å². The lowest BCUT2D eigenvalue weighted by Gasteiger charge is -2.22. The minimum absolute atomic E-state index is 0.776. The van der Waals surface area contributed by atoms with E-state index < -0.39 is 8.32 Å². The molecule has 0 fully saturated rings. The molecular weight excluding hydrogens is 192 g/mol.